The van der Waals surface area contributed by atoms with Crippen LogP contribution in [-0.4, -0.2) is 61.8 Å². The van der Waals surface area contributed by atoms with Gasteiger partial charge >= 0.3 is 29.8 Å². The molecule has 1 saturated heterocycles. The van der Waals surface area contributed by atoms with Gasteiger partial charge < -0.3 is 32.5 Å². The van der Waals surface area contributed by atoms with E-state index in [1.54, 1.807) is 10.6 Å². The number of imidazole rings is 1. The number of ether oxygens (including phenoxy) is 5. The van der Waals surface area contributed by atoms with Crippen LogP contribution < -0.4 is 15.9 Å². The highest BCUT2D eigenvalue weighted by Crippen LogP contribution is 2.39. The number of aromatic nitrogens is 4. The number of benzene rings is 1. The Balaban J connectivity index is 1.16. The van der Waals surface area contributed by atoms with Gasteiger partial charge in [0.2, 0.25) is 5.28 Å². The number of rotatable bonds is 13. The average molecular weight is 772 g/mol. The molecule has 1 aromatic carbocycles. The summed E-state index contributed by atoms with van der Waals surface area (Å²) in [6.07, 6.45) is 0.390. The van der Waals surface area contributed by atoms with Gasteiger partial charge in [-0.1, -0.05) is 19.9 Å². The summed E-state index contributed by atoms with van der Waals surface area (Å²) in [4.78, 5) is 74.1. The number of hydrogen-bond acceptors (Lipinski definition) is 15. The van der Waals surface area contributed by atoms with Gasteiger partial charge in [0, 0.05) is 17.9 Å². The number of esters is 3. The lowest BCUT2D eigenvalue weighted by molar-refractivity contribution is -0.150. The summed E-state index contributed by atoms with van der Waals surface area (Å²) in [7, 11) is 0. The Morgan fingerprint density at radius 2 is 1.72 bits per heavy atom. The predicted octanol–water partition coefficient (Wildman–Crippen LogP) is 5.93. The third-order valence-corrected chi connectivity index (χ3v) is 8.71. The zero-order valence-electron chi connectivity index (χ0n) is 31.2. The molecule has 4 heterocycles. The average Bonchev–Trinajstić information content (AvgIpc) is 3.75. The molecule has 0 bridgehead atoms. The quantitative estimate of drug-likeness (QED) is 0.0722. The van der Waals surface area contributed by atoms with Gasteiger partial charge in [-0.25, -0.2) is 14.6 Å². The first-order valence-electron chi connectivity index (χ1n) is 17.1. The van der Waals surface area contributed by atoms with Crippen LogP contribution >= 0.6 is 11.6 Å². The van der Waals surface area contributed by atoms with E-state index in [1.165, 1.54) is 34.0 Å². The summed E-state index contributed by atoms with van der Waals surface area (Å²) in [6, 6.07) is 3.76. The number of carbonyl (C=O) groups is 4. The summed E-state index contributed by atoms with van der Waals surface area (Å²) < 4.78 is 39.1. The summed E-state index contributed by atoms with van der Waals surface area (Å²) >= 11 is 6.23. The zero-order chi connectivity index (χ0) is 39.5. The number of nitrogens with zero attached hydrogens (tertiary/aromatic N) is 4. The Kier molecular flexibility index (Phi) is 11.8. The van der Waals surface area contributed by atoms with Crippen LogP contribution in [0.15, 0.2) is 32.1 Å². The van der Waals surface area contributed by atoms with Crippen molar-refractivity contribution in [2.24, 2.45) is 0 Å². The lowest BCUT2D eigenvalue weighted by atomic mass is 9.78. The largest absolute Gasteiger partial charge is 0.519 e. The molecule has 0 spiro atoms. The van der Waals surface area contributed by atoms with Crippen molar-refractivity contribution in [1.29, 1.82) is 0 Å². The SMILES string of the molecule is CC(=O)Oc1cc(C)cc(C)c1C(C)(C)CC(=O)OCC1CCC(n2cnc3c(NC(=O)OC(C)(C)CC(=O)OCc4oc(=O)oc4C)nc(Cl)nc32)O1. The molecule has 18 heteroatoms. The van der Waals surface area contributed by atoms with E-state index < -0.39 is 53.2 Å². The summed E-state index contributed by atoms with van der Waals surface area (Å²) in [5.74, 6) is -1.88. The minimum Gasteiger partial charge on any atom is -0.463 e. The van der Waals surface area contributed by atoms with Gasteiger partial charge in [-0.05, 0) is 76.3 Å². The molecule has 0 radical (unpaired) electrons. The van der Waals surface area contributed by atoms with Crippen molar-refractivity contribution in [3.8, 4) is 5.75 Å². The number of carbonyl (C=O) groups excluding carboxylic acids is 4. The molecule has 0 aliphatic carbocycles. The Hall–Kier alpha value is -5.29. The number of halogens is 1. The highest BCUT2D eigenvalue weighted by molar-refractivity contribution is 6.28. The molecule has 290 valence electrons. The number of nitrogens with one attached hydrogen (secondary N) is 1. The molecule has 2 atom stereocenters. The molecule has 5 rings (SSSR count). The summed E-state index contributed by atoms with van der Waals surface area (Å²) in [5.41, 5.74) is 1.04. The van der Waals surface area contributed by atoms with Crippen molar-refractivity contribution >= 4 is 52.6 Å². The zero-order valence-corrected chi connectivity index (χ0v) is 32.0. The monoisotopic (exact) mass is 771 g/mol. The van der Waals surface area contributed by atoms with E-state index in [1.807, 2.05) is 33.8 Å². The first kappa shape index (κ1) is 39.9. The topological polar surface area (TPSA) is 213 Å². The van der Waals surface area contributed by atoms with Gasteiger partial charge in [0.25, 0.3) is 0 Å². The predicted molar refractivity (Wildman–Crippen MR) is 190 cm³/mol. The minimum atomic E-state index is -1.32. The maximum atomic E-state index is 13.1. The van der Waals surface area contributed by atoms with E-state index in [2.05, 4.69) is 20.3 Å². The third-order valence-electron chi connectivity index (χ3n) is 8.54. The van der Waals surface area contributed by atoms with E-state index in [9.17, 15) is 24.0 Å². The van der Waals surface area contributed by atoms with Crippen LogP contribution in [0.2, 0.25) is 5.28 Å². The van der Waals surface area contributed by atoms with Gasteiger partial charge in [-0.15, -0.1) is 0 Å². The Morgan fingerprint density at radius 3 is 2.41 bits per heavy atom. The van der Waals surface area contributed by atoms with Gasteiger partial charge in [0.1, 0.15) is 24.2 Å². The Bertz CT molecular complexity index is 2140. The molecular formula is C36H42ClN5O12. The number of aryl methyl sites for hydroxylation is 3. The molecule has 0 saturated carbocycles. The van der Waals surface area contributed by atoms with Gasteiger partial charge in [-0.3, -0.25) is 24.3 Å². The fraction of sp³-hybridized carbons (Fsp3) is 0.500. The van der Waals surface area contributed by atoms with Crippen LogP contribution in [0, 0.1) is 20.8 Å². The molecule has 1 aliphatic heterocycles. The lowest BCUT2D eigenvalue weighted by Gasteiger charge is -2.28. The molecular weight excluding hydrogens is 730 g/mol. The number of hydrogen-bond donors (Lipinski definition) is 1. The van der Waals surface area contributed by atoms with Crippen molar-refractivity contribution in [2.45, 2.75) is 111 Å². The summed E-state index contributed by atoms with van der Waals surface area (Å²) in [6.45, 7) is 13.1. The molecule has 3 aromatic heterocycles. The first-order valence-corrected chi connectivity index (χ1v) is 17.4. The van der Waals surface area contributed by atoms with Crippen molar-refractivity contribution in [2.75, 3.05) is 11.9 Å². The molecule has 1 aliphatic rings. The second-order valence-corrected chi connectivity index (χ2v) is 14.6. The smallest absolute Gasteiger partial charge is 0.463 e. The Morgan fingerprint density at radius 1 is 1.00 bits per heavy atom. The third kappa shape index (κ3) is 9.82. The number of anilines is 1. The van der Waals surface area contributed by atoms with E-state index in [0.29, 0.717) is 18.6 Å². The van der Waals surface area contributed by atoms with Crippen LogP contribution in [-0.2, 0) is 45.4 Å². The second kappa shape index (κ2) is 16.0. The van der Waals surface area contributed by atoms with Crippen molar-refractivity contribution in [1.82, 2.24) is 19.5 Å². The molecule has 4 aromatic rings. The highest BCUT2D eigenvalue weighted by atomic mass is 35.5. The van der Waals surface area contributed by atoms with E-state index >= 15 is 0 Å². The fourth-order valence-electron chi connectivity index (χ4n) is 6.38. The van der Waals surface area contributed by atoms with E-state index in [4.69, 9.17) is 44.1 Å². The fourth-order valence-corrected chi connectivity index (χ4v) is 6.54. The Labute approximate surface area is 314 Å². The minimum absolute atomic E-state index is 0.0127. The van der Waals surface area contributed by atoms with Crippen LogP contribution in [0.4, 0.5) is 10.6 Å². The first-order chi connectivity index (χ1) is 25.3. The van der Waals surface area contributed by atoms with Crippen molar-refractivity contribution in [3.63, 3.8) is 0 Å². The van der Waals surface area contributed by atoms with Gasteiger partial charge in [-0.2, -0.15) is 9.97 Å². The molecule has 1 amide bonds. The lowest BCUT2D eigenvalue weighted by Crippen LogP contribution is -2.33. The second-order valence-electron chi connectivity index (χ2n) is 14.3. The van der Waals surface area contributed by atoms with E-state index in [0.717, 1.165) is 16.7 Å². The molecule has 1 N–H and O–H groups in total. The number of amides is 1. The normalized spacial score (nSPS) is 15.9. The van der Waals surface area contributed by atoms with Crippen molar-refractivity contribution < 1.29 is 51.7 Å². The van der Waals surface area contributed by atoms with Crippen LogP contribution in [0.1, 0.15) is 94.7 Å². The van der Waals surface area contributed by atoms with Crippen LogP contribution in [0.3, 0.4) is 0 Å². The van der Waals surface area contributed by atoms with Gasteiger partial charge in [0.05, 0.1) is 25.3 Å². The molecule has 54 heavy (non-hydrogen) atoms. The highest BCUT2D eigenvalue weighted by Gasteiger charge is 2.34. The standard InChI is InChI=1S/C36H42ClN5O12/c1-18-11-19(2)28(23(12-18)51-21(4)43)35(5,6)13-26(44)48-15-22-9-10-25(52-22)42-17-38-29-30(39-32(37)41-31(29)42)40-33(46)54-36(7,8)14-27(45)49-16-24-20(3)50-34(47)53-24/h11-12,17,22,25H,9-10,13-16H2,1-8H3,(H,39,40,41,46). The molecule has 17 nitrogen and oxygen atoms in total. The van der Waals surface area contributed by atoms with Crippen LogP contribution in [0.5, 0.6) is 5.75 Å². The van der Waals surface area contributed by atoms with Crippen LogP contribution in [0.25, 0.3) is 11.2 Å². The summed E-state index contributed by atoms with van der Waals surface area (Å²) in [5, 5.41) is 2.32. The van der Waals surface area contributed by atoms with Gasteiger partial charge in [0.15, 0.2) is 35.1 Å². The van der Waals surface area contributed by atoms with Crippen molar-refractivity contribution in [3.05, 3.63) is 62.6 Å². The van der Waals surface area contributed by atoms with E-state index in [-0.39, 0.29) is 59.8 Å². The number of fused-ring (bicyclic) bond motifs is 1. The molecule has 1 fully saturated rings. The maximum Gasteiger partial charge on any atom is 0.519 e. The molecule has 2 unspecified atom stereocenters. The maximum absolute atomic E-state index is 13.1.